The fraction of sp³-hybridized carbons (Fsp3) is 0.455. The maximum absolute atomic E-state index is 13.8. The van der Waals surface area contributed by atoms with Crippen LogP contribution in [-0.4, -0.2) is 45.6 Å². The van der Waals surface area contributed by atoms with Gasteiger partial charge in [-0.15, -0.1) is 0 Å². The zero-order valence-corrected chi connectivity index (χ0v) is 9.84. The van der Waals surface area contributed by atoms with Crippen LogP contribution in [-0.2, 0) is 11.3 Å². The molecule has 0 bridgehead atoms. The SMILES string of the molecule is COC(CO)C(F)Cn1cnc2c(=O)[nH]ccc21. The lowest BCUT2D eigenvalue weighted by Crippen LogP contribution is -2.31. The molecule has 2 rings (SSSR count). The van der Waals surface area contributed by atoms with Gasteiger partial charge in [-0.3, -0.25) is 4.79 Å². The summed E-state index contributed by atoms with van der Waals surface area (Å²) in [6.45, 7) is -0.427. The van der Waals surface area contributed by atoms with Crippen LogP contribution in [0, 0.1) is 0 Å². The van der Waals surface area contributed by atoms with Crippen molar-refractivity contribution in [2.45, 2.75) is 18.8 Å². The molecule has 0 saturated carbocycles. The number of fused-ring (bicyclic) bond motifs is 1. The third kappa shape index (κ3) is 2.27. The van der Waals surface area contributed by atoms with Gasteiger partial charge in [0.2, 0.25) is 0 Å². The van der Waals surface area contributed by atoms with Gasteiger partial charge in [-0.05, 0) is 6.07 Å². The second-order valence-corrected chi connectivity index (χ2v) is 3.91. The van der Waals surface area contributed by atoms with E-state index in [4.69, 9.17) is 9.84 Å². The van der Waals surface area contributed by atoms with Crippen LogP contribution in [0.1, 0.15) is 0 Å². The minimum absolute atomic E-state index is 0.0288. The van der Waals surface area contributed by atoms with Crippen molar-refractivity contribution in [1.82, 2.24) is 14.5 Å². The highest BCUT2D eigenvalue weighted by Gasteiger charge is 2.21. The topological polar surface area (TPSA) is 80.1 Å². The van der Waals surface area contributed by atoms with E-state index in [-0.39, 0.29) is 17.6 Å². The number of methoxy groups -OCH3 is 1. The normalized spacial score (nSPS) is 14.8. The molecule has 18 heavy (non-hydrogen) atoms. The molecule has 0 aliphatic heterocycles. The van der Waals surface area contributed by atoms with Crippen LogP contribution in [0.4, 0.5) is 4.39 Å². The molecule has 2 heterocycles. The first-order chi connectivity index (χ1) is 8.67. The van der Waals surface area contributed by atoms with E-state index in [1.807, 2.05) is 0 Å². The first-order valence-electron chi connectivity index (χ1n) is 5.47. The van der Waals surface area contributed by atoms with Crippen molar-refractivity contribution in [2.24, 2.45) is 0 Å². The number of nitrogens with zero attached hydrogens (tertiary/aromatic N) is 2. The van der Waals surface area contributed by atoms with Crippen LogP contribution in [0.25, 0.3) is 11.0 Å². The Morgan fingerprint density at radius 1 is 1.67 bits per heavy atom. The van der Waals surface area contributed by atoms with Gasteiger partial charge in [0.05, 0.1) is 25.0 Å². The van der Waals surface area contributed by atoms with Crippen LogP contribution in [0.5, 0.6) is 0 Å². The standard InChI is InChI=1S/C11H14FN3O3/c1-18-9(5-16)7(12)4-15-6-14-10-8(15)2-3-13-11(10)17/h2-3,6-7,9,16H,4-5H2,1H3,(H,13,17). The molecular weight excluding hydrogens is 241 g/mol. The summed E-state index contributed by atoms with van der Waals surface area (Å²) in [7, 11) is 1.34. The van der Waals surface area contributed by atoms with Gasteiger partial charge in [0.25, 0.3) is 5.56 Å². The van der Waals surface area contributed by atoms with E-state index in [9.17, 15) is 9.18 Å². The van der Waals surface area contributed by atoms with E-state index < -0.39 is 18.9 Å². The predicted molar refractivity (Wildman–Crippen MR) is 63.1 cm³/mol. The molecule has 98 valence electrons. The second kappa shape index (κ2) is 5.28. The summed E-state index contributed by atoms with van der Waals surface area (Å²) in [5, 5.41) is 8.94. The lowest BCUT2D eigenvalue weighted by molar-refractivity contribution is -0.0114. The number of halogens is 1. The van der Waals surface area contributed by atoms with Crippen molar-refractivity contribution in [3.63, 3.8) is 0 Å². The van der Waals surface area contributed by atoms with E-state index in [0.717, 1.165) is 0 Å². The molecule has 0 spiro atoms. The molecule has 2 aromatic heterocycles. The number of aromatic nitrogens is 3. The molecule has 2 unspecified atom stereocenters. The fourth-order valence-corrected chi connectivity index (χ4v) is 1.79. The van der Waals surface area contributed by atoms with E-state index >= 15 is 0 Å². The summed E-state index contributed by atoms with van der Waals surface area (Å²) in [5.74, 6) is 0. The van der Waals surface area contributed by atoms with Crippen molar-refractivity contribution in [3.8, 4) is 0 Å². The molecule has 2 atom stereocenters. The zero-order chi connectivity index (χ0) is 13.1. The van der Waals surface area contributed by atoms with E-state index in [0.29, 0.717) is 5.52 Å². The third-order valence-electron chi connectivity index (χ3n) is 2.81. The lowest BCUT2D eigenvalue weighted by atomic mass is 10.2. The summed E-state index contributed by atoms with van der Waals surface area (Å²) in [6, 6.07) is 1.65. The smallest absolute Gasteiger partial charge is 0.276 e. The zero-order valence-electron chi connectivity index (χ0n) is 9.84. The Labute approximate surface area is 102 Å². The van der Waals surface area contributed by atoms with Gasteiger partial charge in [0, 0.05) is 13.3 Å². The first kappa shape index (κ1) is 12.7. The number of aromatic amines is 1. The molecule has 0 saturated heterocycles. The molecule has 7 heteroatoms. The molecule has 6 nitrogen and oxygen atoms in total. The van der Waals surface area contributed by atoms with Gasteiger partial charge in [0.1, 0.15) is 12.3 Å². The minimum Gasteiger partial charge on any atom is -0.394 e. The lowest BCUT2D eigenvalue weighted by Gasteiger charge is -2.17. The van der Waals surface area contributed by atoms with Crippen LogP contribution in [0.2, 0.25) is 0 Å². The van der Waals surface area contributed by atoms with E-state index in [2.05, 4.69) is 9.97 Å². The molecule has 2 N–H and O–H groups in total. The molecule has 2 aromatic rings. The van der Waals surface area contributed by atoms with Crippen molar-refractivity contribution >= 4 is 11.0 Å². The van der Waals surface area contributed by atoms with Gasteiger partial charge in [-0.2, -0.15) is 0 Å². The highest BCUT2D eigenvalue weighted by molar-refractivity contribution is 5.73. The Morgan fingerprint density at radius 3 is 3.11 bits per heavy atom. The number of rotatable bonds is 5. The first-order valence-corrected chi connectivity index (χ1v) is 5.47. The summed E-state index contributed by atoms with van der Waals surface area (Å²) in [5.41, 5.74) is 0.504. The highest BCUT2D eigenvalue weighted by atomic mass is 19.1. The van der Waals surface area contributed by atoms with Crippen LogP contribution in [0.3, 0.4) is 0 Å². The van der Waals surface area contributed by atoms with E-state index in [1.165, 1.54) is 24.2 Å². The number of aliphatic hydroxyl groups is 1. The number of nitrogens with one attached hydrogen (secondary N) is 1. The van der Waals surface area contributed by atoms with Gasteiger partial charge in [-0.25, -0.2) is 9.37 Å². The average molecular weight is 255 g/mol. The number of H-pyrrole nitrogens is 1. The van der Waals surface area contributed by atoms with Gasteiger partial charge >= 0.3 is 0 Å². The summed E-state index contributed by atoms with van der Waals surface area (Å²) < 4.78 is 20.2. The molecule has 0 amide bonds. The maximum Gasteiger partial charge on any atom is 0.276 e. The number of imidazole rings is 1. The van der Waals surface area contributed by atoms with Crippen molar-refractivity contribution in [1.29, 1.82) is 0 Å². The number of alkyl halides is 1. The summed E-state index contributed by atoms with van der Waals surface area (Å²) >= 11 is 0. The highest BCUT2D eigenvalue weighted by Crippen LogP contribution is 2.12. The summed E-state index contributed by atoms with van der Waals surface area (Å²) in [4.78, 5) is 17.9. The van der Waals surface area contributed by atoms with Crippen LogP contribution < -0.4 is 5.56 Å². The molecule has 0 fully saturated rings. The average Bonchev–Trinajstić information content (AvgIpc) is 2.76. The van der Waals surface area contributed by atoms with Crippen molar-refractivity contribution in [2.75, 3.05) is 13.7 Å². The van der Waals surface area contributed by atoms with E-state index in [1.54, 1.807) is 6.07 Å². The van der Waals surface area contributed by atoms with Gasteiger partial charge in [-0.1, -0.05) is 0 Å². The van der Waals surface area contributed by atoms with Crippen LogP contribution >= 0.6 is 0 Å². The Morgan fingerprint density at radius 2 is 2.44 bits per heavy atom. The Hall–Kier alpha value is -1.73. The predicted octanol–water partition coefficient (Wildman–Crippen LogP) is 0.0700. The van der Waals surface area contributed by atoms with Gasteiger partial charge in [0.15, 0.2) is 5.52 Å². The monoisotopic (exact) mass is 255 g/mol. The number of hydrogen-bond acceptors (Lipinski definition) is 4. The molecule has 0 aromatic carbocycles. The Bertz CT molecular complexity index is 576. The number of hydrogen-bond donors (Lipinski definition) is 2. The number of pyridine rings is 1. The molecule has 0 radical (unpaired) electrons. The third-order valence-corrected chi connectivity index (χ3v) is 2.81. The fourth-order valence-electron chi connectivity index (χ4n) is 1.79. The Kier molecular flexibility index (Phi) is 3.73. The molecule has 0 aliphatic rings. The van der Waals surface area contributed by atoms with Gasteiger partial charge < -0.3 is 19.4 Å². The second-order valence-electron chi connectivity index (χ2n) is 3.91. The number of ether oxygens (including phenoxy) is 1. The maximum atomic E-state index is 13.8. The largest absolute Gasteiger partial charge is 0.394 e. The Balaban J connectivity index is 2.27. The van der Waals surface area contributed by atoms with Crippen molar-refractivity contribution < 1.29 is 14.2 Å². The number of aliphatic hydroxyl groups excluding tert-OH is 1. The molecular formula is C11H14FN3O3. The van der Waals surface area contributed by atoms with Crippen molar-refractivity contribution in [3.05, 3.63) is 28.9 Å². The molecule has 0 aliphatic carbocycles. The van der Waals surface area contributed by atoms with Crippen LogP contribution in [0.15, 0.2) is 23.4 Å². The summed E-state index contributed by atoms with van der Waals surface area (Å²) in [6.07, 6.45) is 0.619. The quantitative estimate of drug-likeness (QED) is 0.792. The minimum atomic E-state index is -1.38.